The Morgan fingerprint density at radius 3 is 1.90 bits per heavy atom. The van der Waals surface area contributed by atoms with Crippen molar-refractivity contribution in [2.45, 2.75) is 30.0 Å². The maximum atomic E-state index is 14.2. The number of hydrogen-bond donors (Lipinski definition) is 2. The maximum Gasteiger partial charge on any atom is 0.338 e. The zero-order chi connectivity index (χ0) is 29.0. The number of aromatic nitrogens is 2. The van der Waals surface area contributed by atoms with Gasteiger partial charge in [0.1, 0.15) is 12.7 Å². The quantitative estimate of drug-likeness (QED) is 0.236. The zero-order valence-corrected chi connectivity index (χ0v) is 21.7. The molecule has 0 amide bonds. The summed E-state index contributed by atoms with van der Waals surface area (Å²) in [6.45, 7) is -0.689. The van der Waals surface area contributed by atoms with Crippen molar-refractivity contribution < 1.29 is 34.1 Å². The van der Waals surface area contributed by atoms with Gasteiger partial charge in [-0.15, -0.1) is 0 Å². The molecule has 1 unspecified atom stereocenters. The van der Waals surface area contributed by atoms with E-state index in [-0.39, 0.29) is 28.8 Å². The largest absolute Gasteiger partial charge is 0.459 e. The van der Waals surface area contributed by atoms with Crippen LogP contribution in [0.3, 0.4) is 0 Å². The summed E-state index contributed by atoms with van der Waals surface area (Å²) in [6.07, 6.45) is -1.02. The van der Waals surface area contributed by atoms with Gasteiger partial charge < -0.3 is 24.3 Å². The first-order valence-electron chi connectivity index (χ1n) is 12.7. The van der Waals surface area contributed by atoms with E-state index in [4.69, 9.17) is 9.47 Å². The van der Waals surface area contributed by atoms with E-state index >= 15 is 0 Å². The number of benzene rings is 3. The van der Waals surface area contributed by atoms with Crippen molar-refractivity contribution in [2.24, 2.45) is 0 Å². The summed E-state index contributed by atoms with van der Waals surface area (Å²) >= 11 is 0. The predicted molar refractivity (Wildman–Crippen MR) is 144 cm³/mol. The maximum absolute atomic E-state index is 14.2. The first kappa shape index (κ1) is 27.6. The van der Waals surface area contributed by atoms with Gasteiger partial charge in [0.25, 0.3) is 0 Å². The van der Waals surface area contributed by atoms with Crippen LogP contribution in [-0.4, -0.2) is 61.2 Å². The van der Waals surface area contributed by atoms with Gasteiger partial charge in [-0.05, 0) is 12.1 Å². The normalized spacial score (nSPS) is 23.4. The van der Waals surface area contributed by atoms with Crippen molar-refractivity contribution in [3.05, 3.63) is 126 Å². The van der Waals surface area contributed by atoms with Gasteiger partial charge >= 0.3 is 5.97 Å². The van der Waals surface area contributed by atoms with Gasteiger partial charge in [-0.25, -0.2) is 9.78 Å². The van der Waals surface area contributed by atoms with Gasteiger partial charge in [-0.3, -0.25) is 9.59 Å². The molecule has 41 heavy (non-hydrogen) atoms. The Kier molecular flexibility index (Phi) is 7.59. The highest BCUT2D eigenvalue weighted by Gasteiger charge is 2.74. The lowest BCUT2D eigenvalue weighted by Gasteiger charge is -2.38. The topological polar surface area (TPSA) is 152 Å². The van der Waals surface area contributed by atoms with Crippen LogP contribution in [0.15, 0.2) is 104 Å². The monoisotopic (exact) mass is 551 g/mol. The van der Waals surface area contributed by atoms with Crippen LogP contribution in [-0.2, 0) is 15.9 Å². The Labute approximate surface area is 235 Å². The summed E-state index contributed by atoms with van der Waals surface area (Å²) in [4.78, 5) is 45.1. The molecular weight excluding hydrogens is 526 g/mol. The van der Waals surface area contributed by atoms with Crippen molar-refractivity contribution in [3.63, 3.8) is 0 Å². The number of esters is 1. The molecule has 10 heteroatoms. The van der Waals surface area contributed by atoms with Crippen molar-refractivity contribution in [2.75, 3.05) is 6.61 Å². The van der Waals surface area contributed by atoms with Crippen molar-refractivity contribution >= 4 is 17.5 Å². The molecule has 1 aliphatic heterocycles. The minimum atomic E-state index is -2.95. The number of Topliss-reactive ketones (excluding diaryl/α,β-unsaturated/α-hetero) is 2. The molecule has 4 aromatic rings. The second-order valence-electron chi connectivity index (χ2n) is 9.49. The van der Waals surface area contributed by atoms with Crippen LogP contribution in [0.2, 0.25) is 0 Å². The van der Waals surface area contributed by atoms with E-state index in [9.17, 15) is 29.9 Å². The van der Waals surface area contributed by atoms with E-state index in [0.29, 0.717) is 0 Å². The molecule has 4 atom stereocenters. The molecule has 206 valence electrons. The van der Waals surface area contributed by atoms with Crippen molar-refractivity contribution in [1.29, 1.82) is 5.26 Å². The fourth-order valence-corrected chi connectivity index (χ4v) is 5.01. The summed E-state index contributed by atoms with van der Waals surface area (Å²) in [5.74, 6) is -2.80. The molecule has 2 heterocycles. The van der Waals surface area contributed by atoms with Crippen LogP contribution in [0.5, 0.6) is 0 Å². The van der Waals surface area contributed by atoms with Crippen molar-refractivity contribution in [1.82, 2.24) is 9.55 Å². The Bertz CT molecular complexity index is 1600. The minimum absolute atomic E-state index is 0.00762. The summed E-state index contributed by atoms with van der Waals surface area (Å²) in [6, 6.07) is 25.3. The number of rotatable bonds is 9. The average molecular weight is 552 g/mol. The minimum Gasteiger partial charge on any atom is -0.459 e. The molecule has 3 aromatic carbocycles. The molecule has 1 fully saturated rings. The highest BCUT2D eigenvalue weighted by atomic mass is 16.6. The van der Waals surface area contributed by atoms with E-state index in [2.05, 4.69) is 4.98 Å². The number of hydrogen-bond acceptors (Lipinski definition) is 9. The number of imidazole rings is 1. The molecule has 0 radical (unpaired) electrons. The van der Waals surface area contributed by atoms with Gasteiger partial charge in [0.2, 0.25) is 17.2 Å². The number of ether oxygens (including phenoxy) is 2. The Morgan fingerprint density at radius 1 is 0.854 bits per heavy atom. The van der Waals surface area contributed by atoms with Crippen LogP contribution >= 0.6 is 0 Å². The SMILES string of the molecule is N#CCc1cncn1C1O[C@@H](COC(=O)c2ccccc2)[C@@](O)(C(=O)c2ccccc2)[C@@]1(O)C(=O)c1ccccc1. The molecular formula is C31H25N3O7. The number of aliphatic hydroxyl groups is 2. The molecule has 10 nitrogen and oxygen atoms in total. The van der Waals surface area contributed by atoms with E-state index in [1.165, 1.54) is 53.5 Å². The number of carbonyl (C=O) groups excluding carboxylic acids is 3. The number of carbonyl (C=O) groups is 3. The zero-order valence-electron chi connectivity index (χ0n) is 21.7. The molecule has 0 aliphatic carbocycles. The Balaban J connectivity index is 1.66. The lowest BCUT2D eigenvalue weighted by molar-refractivity contribution is -0.106. The van der Waals surface area contributed by atoms with Gasteiger partial charge in [-0.1, -0.05) is 78.9 Å². The first-order chi connectivity index (χ1) is 19.8. The smallest absolute Gasteiger partial charge is 0.338 e. The molecule has 5 rings (SSSR count). The lowest BCUT2D eigenvalue weighted by Crippen LogP contribution is -2.67. The number of nitrogens with zero attached hydrogens (tertiary/aromatic N) is 3. The van der Waals surface area contributed by atoms with Gasteiger partial charge in [0.15, 0.2) is 11.8 Å². The molecule has 1 saturated heterocycles. The molecule has 0 spiro atoms. The average Bonchev–Trinajstić information content (AvgIpc) is 3.57. The fourth-order valence-electron chi connectivity index (χ4n) is 5.01. The predicted octanol–water partition coefficient (Wildman–Crippen LogP) is 2.93. The Hall–Kier alpha value is -4.95. The van der Waals surface area contributed by atoms with E-state index < -0.39 is 47.7 Å². The second-order valence-corrected chi connectivity index (χ2v) is 9.49. The lowest BCUT2D eigenvalue weighted by atomic mass is 9.71. The van der Waals surface area contributed by atoms with Gasteiger partial charge in [0.05, 0.1) is 30.1 Å². The third-order valence-corrected chi connectivity index (χ3v) is 7.10. The van der Waals surface area contributed by atoms with Gasteiger partial charge in [-0.2, -0.15) is 5.26 Å². The summed E-state index contributed by atoms with van der Waals surface area (Å²) in [5, 5.41) is 34.1. The van der Waals surface area contributed by atoms with Crippen molar-refractivity contribution in [3.8, 4) is 6.07 Å². The Morgan fingerprint density at radius 2 is 1.37 bits per heavy atom. The second kappa shape index (κ2) is 11.3. The third kappa shape index (κ3) is 4.72. The van der Waals surface area contributed by atoms with Crippen LogP contribution in [0, 0.1) is 11.3 Å². The van der Waals surface area contributed by atoms with Crippen LogP contribution in [0.4, 0.5) is 0 Å². The van der Waals surface area contributed by atoms with Crippen LogP contribution in [0.1, 0.15) is 43.0 Å². The van der Waals surface area contributed by atoms with E-state index in [0.717, 1.165) is 0 Å². The van der Waals surface area contributed by atoms with Crippen LogP contribution < -0.4 is 0 Å². The molecule has 1 aliphatic rings. The van der Waals surface area contributed by atoms with E-state index in [1.54, 1.807) is 54.6 Å². The van der Waals surface area contributed by atoms with Gasteiger partial charge in [0, 0.05) is 17.3 Å². The molecule has 1 aromatic heterocycles. The highest BCUT2D eigenvalue weighted by Crippen LogP contribution is 2.49. The molecule has 0 bridgehead atoms. The van der Waals surface area contributed by atoms with Crippen LogP contribution in [0.25, 0.3) is 0 Å². The fraction of sp³-hybridized carbons (Fsp3) is 0.194. The third-order valence-electron chi connectivity index (χ3n) is 7.10. The molecule has 0 saturated carbocycles. The highest BCUT2D eigenvalue weighted by molar-refractivity contribution is 6.13. The molecule has 2 N–H and O–H groups in total. The number of nitriles is 1. The standard InChI is InChI=1S/C31H25N3O7/c32-17-16-24-18-33-20-34(24)29-31(39,27(36)22-12-6-2-7-13-22)30(38,26(35)21-10-4-1-5-11-21)25(41-29)19-40-28(37)23-14-8-3-9-15-23/h1-15,18,20,25,29,38-39H,16,19H2/t25-,29?,30+,31+/m0/s1. The van der Waals surface area contributed by atoms with E-state index in [1.807, 2.05) is 6.07 Å². The summed E-state index contributed by atoms with van der Waals surface area (Å²) in [5.41, 5.74) is -5.45. The summed E-state index contributed by atoms with van der Waals surface area (Å²) in [7, 11) is 0. The first-order valence-corrected chi connectivity index (χ1v) is 12.7. The summed E-state index contributed by atoms with van der Waals surface area (Å²) < 4.78 is 12.8. The number of ketones is 2.